The van der Waals surface area contributed by atoms with Gasteiger partial charge in [-0.25, -0.2) is 0 Å². The minimum Gasteiger partial charge on any atom is -0.309 e. The Morgan fingerprint density at radius 2 is 1.32 bits per heavy atom. The molecule has 0 radical (unpaired) electrons. The van der Waals surface area contributed by atoms with Gasteiger partial charge < -0.3 is 4.57 Å². The van der Waals surface area contributed by atoms with Crippen LogP contribution in [0.4, 0.5) is 0 Å². The Balaban J connectivity index is 1.97. The van der Waals surface area contributed by atoms with E-state index in [2.05, 4.69) is 71.3 Å². The Hall–Kier alpha value is -2.54. The molecular weight excluding hydrogens is 266 g/mol. The van der Waals surface area contributed by atoms with Crippen LogP contribution in [0.1, 0.15) is 17.5 Å². The van der Waals surface area contributed by atoms with Crippen LogP contribution in [-0.2, 0) is 12.8 Å². The predicted molar refractivity (Wildman–Crippen MR) is 92.8 cm³/mol. The van der Waals surface area contributed by atoms with Gasteiger partial charge in [0.2, 0.25) is 0 Å². The van der Waals surface area contributed by atoms with Crippen molar-refractivity contribution in [3.63, 3.8) is 0 Å². The van der Waals surface area contributed by atoms with Crippen molar-refractivity contribution in [1.29, 1.82) is 0 Å². The van der Waals surface area contributed by atoms with Gasteiger partial charge in [0.25, 0.3) is 0 Å². The molecule has 1 heteroatoms. The first kappa shape index (κ1) is 12.0. The molecule has 1 aromatic heterocycles. The van der Waals surface area contributed by atoms with E-state index in [4.69, 9.17) is 0 Å². The summed E-state index contributed by atoms with van der Waals surface area (Å²) in [7, 11) is 0. The number of aromatic nitrogens is 1. The third-order valence-electron chi connectivity index (χ3n) is 4.94. The Labute approximate surface area is 129 Å². The molecule has 3 aromatic carbocycles. The zero-order chi connectivity index (χ0) is 14.5. The topological polar surface area (TPSA) is 4.93 Å². The number of fused-ring (bicyclic) bond motifs is 4. The summed E-state index contributed by atoms with van der Waals surface area (Å²) in [4.78, 5) is 0. The maximum Gasteiger partial charge on any atom is 0.0541 e. The fraction of sp³-hybridized carbons (Fsp3) is 0.143. The second kappa shape index (κ2) is 4.48. The highest BCUT2D eigenvalue weighted by atomic mass is 15.0. The quantitative estimate of drug-likeness (QED) is 0.448. The molecule has 0 fully saturated rings. The van der Waals surface area contributed by atoms with E-state index < -0.39 is 0 Å². The molecule has 0 saturated heterocycles. The SMILES string of the molecule is c1cc2c(c(-n3c4ccccc4c4ccccc43)c1)CCC2. The van der Waals surface area contributed by atoms with E-state index >= 15 is 0 Å². The highest BCUT2D eigenvalue weighted by Gasteiger charge is 2.18. The standard InChI is InChI=1S/C21H17N/c1-3-12-20-17(9-1)18-10-2-4-13-21(18)22(20)19-14-6-8-15-7-5-11-16(15)19/h1-4,6,8-10,12-14H,5,7,11H2. The van der Waals surface area contributed by atoms with Crippen molar-refractivity contribution in [2.45, 2.75) is 19.3 Å². The lowest BCUT2D eigenvalue weighted by Gasteiger charge is -2.12. The highest BCUT2D eigenvalue weighted by molar-refractivity contribution is 6.09. The van der Waals surface area contributed by atoms with Crippen LogP contribution in [0, 0.1) is 0 Å². The van der Waals surface area contributed by atoms with E-state index in [0.29, 0.717) is 0 Å². The molecule has 1 aliphatic carbocycles. The van der Waals surface area contributed by atoms with Gasteiger partial charge in [-0.2, -0.15) is 0 Å². The van der Waals surface area contributed by atoms with Crippen molar-refractivity contribution in [1.82, 2.24) is 4.57 Å². The maximum absolute atomic E-state index is 2.45. The zero-order valence-electron chi connectivity index (χ0n) is 12.4. The average Bonchev–Trinajstić information content (AvgIpc) is 3.17. The van der Waals surface area contributed by atoms with Crippen molar-refractivity contribution < 1.29 is 0 Å². The Morgan fingerprint density at radius 1 is 0.636 bits per heavy atom. The van der Waals surface area contributed by atoms with Gasteiger partial charge in [0.1, 0.15) is 0 Å². The second-order valence-corrected chi connectivity index (χ2v) is 6.14. The molecule has 0 amide bonds. The van der Waals surface area contributed by atoms with Gasteiger partial charge in [0, 0.05) is 16.5 Å². The molecule has 0 spiro atoms. The van der Waals surface area contributed by atoms with Gasteiger partial charge in [0.15, 0.2) is 0 Å². The minimum absolute atomic E-state index is 1.20. The maximum atomic E-state index is 2.45. The first-order valence-electron chi connectivity index (χ1n) is 8.03. The van der Waals surface area contributed by atoms with Crippen molar-refractivity contribution in [3.05, 3.63) is 77.9 Å². The number of benzene rings is 3. The van der Waals surface area contributed by atoms with Crippen LogP contribution in [-0.4, -0.2) is 4.57 Å². The predicted octanol–water partition coefficient (Wildman–Crippen LogP) is 5.27. The van der Waals surface area contributed by atoms with E-state index in [1.165, 1.54) is 57.9 Å². The number of rotatable bonds is 1. The summed E-state index contributed by atoms with van der Waals surface area (Å²) in [5.74, 6) is 0. The lowest BCUT2D eigenvalue weighted by atomic mass is 10.1. The van der Waals surface area contributed by atoms with E-state index in [-0.39, 0.29) is 0 Å². The highest BCUT2D eigenvalue weighted by Crippen LogP contribution is 2.35. The molecule has 0 bridgehead atoms. The van der Waals surface area contributed by atoms with E-state index in [9.17, 15) is 0 Å². The summed E-state index contributed by atoms with van der Waals surface area (Å²) >= 11 is 0. The fourth-order valence-electron chi connectivity index (χ4n) is 3.99. The van der Waals surface area contributed by atoms with Crippen molar-refractivity contribution >= 4 is 21.8 Å². The summed E-state index contributed by atoms with van der Waals surface area (Å²) in [6, 6.07) is 24.3. The van der Waals surface area contributed by atoms with Crippen molar-refractivity contribution in [3.8, 4) is 5.69 Å². The minimum atomic E-state index is 1.20. The van der Waals surface area contributed by atoms with E-state index in [0.717, 1.165) is 0 Å². The molecule has 1 nitrogen and oxygen atoms in total. The summed E-state index contributed by atoms with van der Waals surface area (Å²) in [5.41, 5.74) is 7.05. The number of para-hydroxylation sites is 2. The van der Waals surface area contributed by atoms with Gasteiger partial charge in [0.05, 0.1) is 11.0 Å². The van der Waals surface area contributed by atoms with Crippen molar-refractivity contribution in [2.24, 2.45) is 0 Å². The van der Waals surface area contributed by atoms with Gasteiger partial charge in [-0.3, -0.25) is 0 Å². The molecule has 0 aliphatic heterocycles. The molecule has 5 rings (SSSR count). The number of aryl methyl sites for hydroxylation is 1. The van der Waals surface area contributed by atoms with E-state index in [1.807, 2.05) is 0 Å². The first-order chi connectivity index (χ1) is 10.9. The fourth-order valence-corrected chi connectivity index (χ4v) is 3.99. The van der Waals surface area contributed by atoms with Crippen LogP contribution < -0.4 is 0 Å². The molecule has 0 N–H and O–H groups in total. The summed E-state index contributed by atoms with van der Waals surface area (Å²) in [5, 5.41) is 2.68. The van der Waals surface area contributed by atoms with Crippen LogP contribution in [0.3, 0.4) is 0 Å². The lowest BCUT2D eigenvalue weighted by molar-refractivity contribution is 0.908. The Bertz CT molecular complexity index is 954. The third kappa shape index (κ3) is 1.54. The van der Waals surface area contributed by atoms with Crippen LogP contribution in [0.2, 0.25) is 0 Å². The molecule has 0 saturated carbocycles. The molecular formula is C21H17N. The number of nitrogens with zero attached hydrogens (tertiary/aromatic N) is 1. The average molecular weight is 283 g/mol. The van der Waals surface area contributed by atoms with Gasteiger partial charge in [-0.1, -0.05) is 48.5 Å². The molecule has 0 atom stereocenters. The van der Waals surface area contributed by atoms with Gasteiger partial charge in [-0.05, 0) is 48.6 Å². The molecule has 0 unspecified atom stereocenters. The monoisotopic (exact) mass is 283 g/mol. The smallest absolute Gasteiger partial charge is 0.0541 e. The largest absolute Gasteiger partial charge is 0.309 e. The molecule has 1 heterocycles. The van der Waals surface area contributed by atoms with E-state index in [1.54, 1.807) is 0 Å². The summed E-state index contributed by atoms with van der Waals surface area (Å²) in [6.45, 7) is 0. The zero-order valence-corrected chi connectivity index (χ0v) is 12.4. The molecule has 106 valence electrons. The number of hydrogen-bond acceptors (Lipinski definition) is 0. The van der Waals surface area contributed by atoms with Crippen LogP contribution >= 0.6 is 0 Å². The van der Waals surface area contributed by atoms with Gasteiger partial charge >= 0.3 is 0 Å². The van der Waals surface area contributed by atoms with Crippen LogP contribution in [0.5, 0.6) is 0 Å². The molecule has 4 aromatic rings. The van der Waals surface area contributed by atoms with Crippen molar-refractivity contribution in [2.75, 3.05) is 0 Å². The molecule has 22 heavy (non-hydrogen) atoms. The third-order valence-corrected chi connectivity index (χ3v) is 4.94. The number of hydrogen-bond donors (Lipinski definition) is 0. The van der Waals surface area contributed by atoms with Crippen LogP contribution in [0.15, 0.2) is 66.7 Å². The molecule has 1 aliphatic rings. The Kier molecular flexibility index (Phi) is 2.45. The normalized spacial score (nSPS) is 13.8. The summed E-state index contributed by atoms with van der Waals surface area (Å²) in [6.07, 6.45) is 3.70. The van der Waals surface area contributed by atoms with Gasteiger partial charge in [-0.15, -0.1) is 0 Å². The summed E-state index contributed by atoms with van der Waals surface area (Å²) < 4.78 is 2.45. The van der Waals surface area contributed by atoms with Crippen LogP contribution in [0.25, 0.3) is 27.5 Å². The second-order valence-electron chi connectivity index (χ2n) is 6.14. The first-order valence-corrected chi connectivity index (χ1v) is 8.03. The Morgan fingerprint density at radius 3 is 2.05 bits per heavy atom. The lowest BCUT2D eigenvalue weighted by Crippen LogP contribution is -1.99.